The minimum Gasteiger partial charge on any atom is -0.206 e. The zero-order valence-corrected chi connectivity index (χ0v) is 17.8. The Bertz CT molecular complexity index is 916. The van der Waals surface area contributed by atoms with E-state index in [9.17, 15) is 8.78 Å². The minimum absolute atomic E-state index is 0.287. The SMILES string of the molecule is CC[C@@H](C)CCc1ccc(-c2ccc(-c3ccc(I)c(F)c3)cc2F)cc1. The molecule has 0 aliphatic rings. The fraction of sp³-hybridized carbons (Fsp3) is 0.250. The van der Waals surface area contributed by atoms with Crippen molar-refractivity contribution in [3.63, 3.8) is 0 Å². The van der Waals surface area contributed by atoms with E-state index in [1.54, 1.807) is 12.1 Å². The fourth-order valence-corrected chi connectivity index (χ4v) is 3.41. The van der Waals surface area contributed by atoms with Crippen molar-refractivity contribution in [2.24, 2.45) is 5.92 Å². The number of rotatable bonds is 6. The maximum absolute atomic E-state index is 14.7. The van der Waals surface area contributed by atoms with Gasteiger partial charge in [-0.1, -0.05) is 62.7 Å². The average Bonchev–Trinajstić information content (AvgIpc) is 2.68. The second-order valence-corrected chi connectivity index (χ2v) is 8.23. The molecule has 0 saturated heterocycles. The molecule has 0 radical (unpaired) electrons. The standard InChI is InChI=1S/C24H23F2I/c1-3-16(2)4-5-17-6-8-18(9-7-17)21-12-10-19(14-22(21)25)20-11-13-24(27)23(26)15-20/h6-16H,3-5H2,1-2H3/t16-/m1/s1. The maximum atomic E-state index is 14.7. The fourth-order valence-electron chi connectivity index (χ4n) is 3.07. The number of aryl methyl sites for hydroxylation is 1. The van der Waals surface area contributed by atoms with Crippen LogP contribution in [-0.4, -0.2) is 0 Å². The zero-order valence-electron chi connectivity index (χ0n) is 15.6. The molecule has 0 saturated carbocycles. The highest BCUT2D eigenvalue weighted by Gasteiger charge is 2.09. The van der Waals surface area contributed by atoms with E-state index in [2.05, 4.69) is 26.0 Å². The highest BCUT2D eigenvalue weighted by atomic mass is 127. The van der Waals surface area contributed by atoms with Crippen LogP contribution in [-0.2, 0) is 6.42 Å². The van der Waals surface area contributed by atoms with Gasteiger partial charge in [-0.25, -0.2) is 8.78 Å². The van der Waals surface area contributed by atoms with E-state index in [4.69, 9.17) is 0 Å². The second kappa shape index (κ2) is 8.96. The third-order valence-corrected chi connectivity index (χ3v) is 5.98. The molecule has 0 spiro atoms. The summed E-state index contributed by atoms with van der Waals surface area (Å²) < 4.78 is 29.0. The molecule has 0 aliphatic carbocycles. The highest BCUT2D eigenvalue weighted by molar-refractivity contribution is 14.1. The molecular weight excluding hydrogens is 453 g/mol. The van der Waals surface area contributed by atoms with Crippen LogP contribution in [0.15, 0.2) is 60.7 Å². The molecule has 0 aliphatic heterocycles. The van der Waals surface area contributed by atoms with Crippen molar-refractivity contribution in [3.05, 3.63) is 81.4 Å². The Morgan fingerprint density at radius 1 is 0.815 bits per heavy atom. The van der Waals surface area contributed by atoms with Crippen molar-refractivity contribution in [2.75, 3.05) is 0 Å². The van der Waals surface area contributed by atoms with Crippen molar-refractivity contribution in [3.8, 4) is 22.3 Å². The maximum Gasteiger partial charge on any atom is 0.137 e. The van der Waals surface area contributed by atoms with Crippen molar-refractivity contribution in [1.29, 1.82) is 0 Å². The van der Waals surface area contributed by atoms with E-state index in [1.165, 1.54) is 30.5 Å². The first-order chi connectivity index (χ1) is 13.0. The van der Waals surface area contributed by atoms with Gasteiger partial charge in [0.15, 0.2) is 0 Å². The number of hydrogen-bond donors (Lipinski definition) is 0. The third-order valence-electron chi connectivity index (χ3n) is 5.11. The summed E-state index contributed by atoms with van der Waals surface area (Å²) in [5.41, 5.74) is 4.07. The van der Waals surface area contributed by atoms with Crippen LogP contribution < -0.4 is 0 Å². The summed E-state index contributed by atoms with van der Waals surface area (Å²) in [6, 6.07) is 18.2. The minimum atomic E-state index is -0.293. The van der Waals surface area contributed by atoms with Crippen molar-refractivity contribution < 1.29 is 8.78 Å². The predicted molar refractivity (Wildman–Crippen MR) is 118 cm³/mol. The molecule has 0 fully saturated rings. The summed E-state index contributed by atoms with van der Waals surface area (Å²) in [7, 11) is 0. The summed E-state index contributed by atoms with van der Waals surface area (Å²) in [5.74, 6) is 0.144. The molecule has 27 heavy (non-hydrogen) atoms. The Kier molecular flexibility index (Phi) is 6.64. The van der Waals surface area contributed by atoms with Crippen LogP contribution in [0.5, 0.6) is 0 Å². The van der Waals surface area contributed by atoms with Gasteiger partial charge in [0.2, 0.25) is 0 Å². The normalized spacial score (nSPS) is 12.2. The monoisotopic (exact) mass is 476 g/mol. The highest BCUT2D eigenvalue weighted by Crippen LogP contribution is 2.29. The van der Waals surface area contributed by atoms with Gasteiger partial charge in [0, 0.05) is 9.13 Å². The van der Waals surface area contributed by atoms with Crippen LogP contribution in [0.25, 0.3) is 22.3 Å². The van der Waals surface area contributed by atoms with E-state index >= 15 is 0 Å². The Labute approximate surface area is 173 Å². The van der Waals surface area contributed by atoms with Gasteiger partial charge in [0.25, 0.3) is 0 Å². The lowest BCUT2D eigenvalue weighted by Crippen LogP contribution is -1.95. The molecule has 0 nitrogen and oxygen atoms in total. The first-order valence-corrected chi connectivity index (χ1v) is 10.4. The lowest BCUT2D eigenvalue weighted by molar-refractivity contribution is 0.516. The van der Waals surface area contributed by atoms with Crippen LogP contribution in [0.3, 0.4) is 0 Å². The molecule has 3 heteroatoms. The summed E-state index contributed by atoms with van der Waals surface area (Å²) in [5, 5.41) is 0. The number of benzene rings is 3. The molecule has 1 atom stereocenters. The molecule has 3 aromatic rings. The van der Waals surface area contributed by atoms with E-state index < -0.39 is 0 Å². The van der Waals surface area contributed by atoms with Crippen LogP contribution in [0.1, 0.15) is 32.3 Å². The van der Waals surface area contributed by atoms with Gasteiger partial charge in [-0.3, -0.25) is 0 Å². The molecule has 0 unspecified atom stereocenters. The number of halogens is 3. The Morgan fingerprint density at radius 3 is 2.00 bits per heavy atom. The molecular formula is C24H23F2I. The van der Waals surface area contributed by atoms with Gasteiger partial charge in [0.05, 0.1) is 0 Å². The molecule has 0 N–H and O–H groups in total. The van der Waals surface area contributed by atoms with Gasteiger partial charge in [0.1, 0.15) is 11.6 Å². The Balaban J connectivity index is 1.80. The lowest BCUT2D eigenvalue weighted by Gasteiger charge is -2.10. The van der Waals surface area contributed by atoms with Crippen LogP contribution in [0, 0.1) is 21.1 Å². The molecule has 0 aromatic heterocycles. The second-order valence-electron chi connectivity index (χ2n) is 7.07. The molecule has 140 valence electrons. The summed E-state index contributed by atoms with van der Waals surface area (Å²) >= 11 is 1.94. The molecule has 3 rings (SSSR count). The molecule has 3 aromatic carbocycles. The Hall–Kier alpha value is -1.75. The quantitative estimate of drug-likeness (QED) is 0.318. The van der Waals surface area contributed by atoms with Crippen molar-refractivity contribution in [2.45, 2.75) is 33.1 Å². The van der Waals surface area contributed by atoms with E-state index in [0.717, 1.165) is 17.9 Å². The van der Waals surface area contributed by atoms with Gasteiger partial charge in [-0.05, 0) is 81.8 Å². The third kappa shape index (κ3) is 4.95. The summed E-state index contributed by atoms with van der Waals surface area (Å²) in [6.45, 7) is 4.48. The van der Waals surface area contributed by atoms with Gasteiger partial charge in [-0.2, -0.15) is 0 Å². The van der Waals surface area contributed by atoms with E-state index in [1.807, 2.05) is 46.9 Å². The largest absolute Gasteiger partial charge is 0.206 e. The number of hydrogen-bond acceptors (Lipinski definition) is 0. The van der Waals surface area contributed by atoms with Crippen LogP contribution >= 0.6 is 22.6 Å². The first kappa shape index (κ1) is 20.0. The van der Waals surface area contributed by atoms with Gasteiger partial charge < -0.3 is 0 Å². The molecule has 0 heterocycles. The predicted octanol–water partition coefficient (Wildman–Crippen LogP) is 7.88. The Morgan fingerprint density at radius 2 is 1.41 bits per heavy atom. The van der Waals surface area contributed by atoms with Crippen molar-refractivity contribution >= 4 is 22.6 Å². The van der Waals surface area contributed by atoms with E-state index in [0.29, 0.717) is 20.3 Å². The van der Waals surface area contributed by atoms with E-state index in [-0.39, 0.29) is 11.6 Å². The smallest absolute Gasteiger partial charge is 0.137 e. The average molecular weight is 476 g/mol. The van der Waals surface area contributed by atoms with Crippen LogP contribution in [0.4, 0.5) is 8.78 Å². The topological polar surface area (TPSA) is 0 Å². The first-order valence-electron chi connectivity index (χ1n) is 9.32. The van der Waals surface area contributed by atoms with Crippen LogP contribution in [0.2, 0.25) is 0 Å². The zero-order chi connectivity index (χ0) is 19.4. The summed E-state index contributed by atoms with van der Waals surface area (Å²) in [4.78, 5) is 0. The summed E-state index contributed by atoms with van der Waals surface area (Å²) in [6.07, 6.45) is 3.42. The van der Waals surface area contributed by atoms with Gasteiger partial charge >= 0.3 is 0 Å². The lowest BCUT2D eigenvalue weighted by atomic mass is 9.96. The van der Waals surface area contributed by atoms with Crippen molar-refractivity contribution in [1.82, 2.24) is 0 Å². The molecule has 0 bridgehead atoms. The molecule has 0 amide bonds. The van der Waals surface area contributed by atoms with Gasteiger partial charge in [-0.15, -0.1) is 0 Å².